The molecule has 0 saturated heterocycles. The van der Waals surface area contributed by atoms with Crippen LogP contribution in [-0.4, -0.2) is 17.9 Å². The van der Waals surface area contributed by atoms with Gasteiger partial charge in [0.25, 0.3) is 0 Å². The van der Waals surface area contributed by atoms with Gasteiger partial charge in [-0.25, -0.2) is 0 Å². The standard InChI is InChI=1S/C10H13ClN2OS/c1-6-3-8(12)7(11)4-9(6)13-10(14)5-15-2/h3-4H,5,12H2,1-2H3,(H,13,14). The van der Waals surface area contributed by atoms with Crippen molar-refractivity contribution in [2.45, 2.75) is 6.92 Å². The third-order valence-electron chi connectivity index (χ3n) is 1.89. The summed E-state index contributed by atoms with van der Waals surface area (Å²) in [5.74, 6) is 0.396. The van der Waals surface area contributed by atoms with Crippen molar-refractivity contribution in [3.8, 4) is 0 Å². The molecule has 3 N–H and O–H groups in total. The average Bonchev–Trinajstić information content (AvgIpc) is 2.14. The highest BCUT2D eigenvalue weighted by molar-refractivity contribution is 7.99. The summed E-state index contributed by atoms with van der Waals surface area (Å²) in [7, 11) is 0. The van der Waals surface area contributed by atoms with Crippen molar-refractivity contribution in [2.24, 2.45) is 0 Å². The highest BCUT2D eigenvalue weighted by Gasteiger charge is 2.06. The number of benzene rings is 1. The molecule has 0 atom stereocenters. The number of aryl methyl sites for hydroxylation is 1. The zero-order valence-electron chi connectivity index (χ0n) is 8.63. The summed E-state index contributed by atoms with van der Waals surface area (Å²) < 4.78 is 0. The Kier molecular flexibility index (Phi) is 4.29. The van der Waals surface area contributed by atoms with Gasteiger partial charge in [-0.2, -0.15) is 11.8 Å². The number of nitrogens with one attached hydrogen (secondary N) is 1. The second-order valence-electron chi connectivity index (χ2n) is 3.17. The molecule has 0 aliphatic heterocycles. The van der Waals surface area contributed by atoms with Crippen LogP contribution in [0.5, 0.6) is 0 Å². The lowest BCUT2D eigenvalue weighted by molar-refractivity contribution is -0.113. The van der Waals surface area contributed by atoms with Gasteiger partial charge >= 0.3 is 0 Å². The number of carbonyl (C=O) groups excluding carboxylic acids is 1. The van der Waals surface area contributed by atoms with Crippen molar-refractivity contribution in [3.63, 3.8) is 0 Å². The fourth-order valence-electron chi connectivity index (χ4n) is 1.16. The summed E-state index contributed by atoms with van der Waals surface area (Å²) in [5, 5.41) is 3.24. The number of hydrogen-bond donors (Lipinski definition) is 2. The summed E-state index contributed by atoms with van der Waals surface area (Å²) in [5.41, 5.74) is 7.78. The van der Waals surface area contributed by atoms with Crippen molar-refractivity contribution in [3.05, 3.63) is 22.7 Å². The molecule has 0 bridgehead atoms. The molecule has 1 aromatic carbocycles. The Balaban J connectivity index is 2.86. The summed E-state index contributed by atoms with van der Waals surface area (Å²) in [6.07, 6.45) is 1.88. The van der Waals surface area contributed by atoms with Gasteiger partial charge < -0.3 is 11.1 Å². The number of rotatable bonds is 3. The molecule has 1 aromatic rings. The van der Waals surface area contributed by atoms with E-state index in [4.69, 9.17) is 17.3 Å². The van der Waals surface area contributed by atoms with Gasteiger partial charge in [0.2, 0.25) is 5.91 Å². The Morgan fingerprint density at radius 2 is 2.27 bits per heavy atom. The summed E-state index contributed by atoms with van der Waals surface area (Å²) in [4.78, 5) is 11.4. The number of carbonyl (C=O) groups is 1. The molecule has 0 spiro atoms. The SMILES string of the molecule is CSCC(=O)Nc1cc(Cl)c(N)cc1C. The van der Waals surface area contributed by atoms with Crippen LogP contribution in [0.1, 0.15) is 5.56 Å². The van der Waals surface area contributed by atoms with Crippen LogP contribution in [0.25, 0.3) is 0 Å². The van der Waals surface area contributed by atoms with E-state index in [9.17, 15) is 4.79 Å². The zero-order chi connectivity index (χ0) is 11.4. The number of amides is 1. The van der Waals surface area contributed by atoms with Gasteiger partial charge in [-0.3, -0.25) is 4.79 Å². The van der Waals surface area contributed by atoms with E-state index < -0.39 is 0 Å². The van der Waals surface area contributed by atoms with Gasteiger partial charge in [0.05, 0.1) is 16.5 Å². The number of nitrogens with two attached hydrogens (primary N) is 1. The molecule has 5 heteroatoms. The van der Waals surface area contributed by atoms with Crippen LogP contribution in [0.2, 0.25) is 5.02 Å². The van der Waals surface area contributed by atoms with Gasteiger partial charge in [-0.1, -0.05) is 11.6 Å². The normalized spacial score (nSPS) is 10.1. The van der Waals surface area contributed by atoms with E-state index in [2.05, 4.69) is 5.32 Å². The Labute approximate surface area is 98.4 Å². The summed E-state index contributed by atoms with van der Waals surface area (Å²) in [6, 6.07) is 3.42. The van der Waals surface area contributed by atoms with Crippen molar-refractivity contribution in [1.29, 1.82) is 0 Å². The van der Waals surface area contributed by atoms with Gasteiger partial charge in [-0.15, -0.1) is 0 Å². The van der Waals surface area contributed by atoms with Crippen LogP contribution in [0.15, 0.2) is 12.1 Å². The van der Waals surface area contributed by atoms with Crippen LogP contribution < -0.4 is 11.1 Å². The topological polar surface area (TPSA) is 55.1 Å². The molecule has 82 valence electrons. The summed E-state index contributed by atoms with van der Waals surface area (Å²) >= 11 is 7.34. The van der Waals surface area contributed by atoms with Gasteiger partial charge in [0.15, 0.2) is 0 Å². The van der Waals surface area contributed by atoms with E-state index in [0.717, 1.165) is 5.56 Å². The third-order valence-corrected chi connectivity index (χ3v) is 2.77. The molecule has 0 saturated carbocycles. The minimum Gasteiger partial charge on any atom is -0.398 e. The first-order valence-corrected chi connectivity index (χ1v) is 6.16. The molecule has 0 heterocycles. The largest absolute Gasteiger partial charge is 0.398 e. The first kappa shape index (κ1) is 12.2. The molecule has 3 nitrogen and oxygen atoms in total. The smallest absolute Gasteiger partial charge is 0.234 e. The summed E-state index contributed by atoms with van der Waals surface area (Å²) in [6.45, 7) is 1.88. The van der Waals surface area contributed by atoms with E-state index in [1.165, 1.54) is 11.8 Å². The van der Waals surface area contributed by atoms with Gasteiger partial charge in [0.1, 0.15) is 0 Å². The van der Waals surface area contributed by atoms with Gasteiger partial charge in [-0.05, 0) is 30.9 Å². The lowest BCUT2D eigenvalue weighted by Gasteiger charge is -2.09. The van der Waals surface area contributed by atoms with Gasteiger partial charge in [0, 0.05) is 5.69 Å². The minimum absolute atomic E-state index is 0.0357. The van der Waals surface area contributed by atoms with Crippen molar-refractivity contribution >= 4 is 40.6 Å². The highest BCUT2D eigenvalue weighted by atomic mass is 35.5. The number of thioether (sulfide) groups is 1. The lowest BCUT2D eigenvalue weighted by Crippen LogP contribution is -2.14. The van der Waals surface area contributed by atoms with Crippen LogP contribution in [0, 0.1) is 6.92 Å². The van der Waals surface area contributed by atoms with Crippen molar-refractivity contribution in [2.75, 3.05) is 23.1 Å². The average molecular weight is 245 g/mol. The van der Waals surface area contributed by atoms with E-state index in [-0.39, 0.29) is 5.91 Å². The second-order valence-corrected chi connectivity index (χ2v) is 4.44. The zero-order valence-corrected chi connectivity index (χ0v) is 10.2. The van der Waals surface area contributed by atoms with Crippen LogP contribution in [-0.2, 0) is 4.79 Å². The maximum atomic E-state index is 11.4. The number of nitrogen functional groups attached to an aromatic ring is 1. The van der Waals surface area contributed by atoms with E-state index in [1.54, 1.807) is 12.1 Å². The Bertz CT molecular complexity index is 382. The molecule has 1 rings (SSSR count). The van der Waals surface area contributed by atoms with Crippen LogP contribution in [0.4, 0.5) is 11.4 Å². The number of anilines is 2. The molecule has 0 radical (unpaired) electrons. The predicted molar refractivity (Wildman–Crippen MR) is 67.6 cm³/mol. The molecule has 15 heavy (non-hydrogen) atoms. The Morgan fingerprint density at radius 1 is 1.60 bits per heavy atom. The maximum absolute atomic E-state index is 11.4. The molecule has 0 aromatic heterocycles. The fraction of sp³-hybridized carbons (Fsp3) is 0.300. The highest BCUT2D eigenvalue weighted by Crippen LogP contribution is 2.26. The molecular formula is C10H13ClN2OS. The van der Waals surface area contributed by atoms with Crippen molar-refractivity contribution in [1.82, 2.24) is 0 Å². The molecule has 0 aliphatic rings. The second kappa shape index (κ2) is 5.28. The third kappa shape index (κ3) is 3.32. The number of halogens is 1. The van der Waals surface area contributed by atoms with E-state index >= 15 is 0 Å². The number of hydrogen-bond acceptors (Lipinski definition) is 3. The molecule has 1 amide bonds. The quantitative estimate of drug-likeness (QED) is 0.804. The first-order valence-electron chi connectivity index (χ1n) is 4.39. The maximum Gasteiger partial charge on any atom is 0.234 e. The minimum atomic E-state index is -0.0357. The molecule has 0 unspecified atom stereocenters. The monoisotopic (exact) mass is 244 g/mol. The predicted octanol–water partition coefficient (Wildman–Crippen LogP) is 2.53. The Hall–Kier alpha value is -0.870. The van der Waals surface area contributed by atoms with Crippen LogP contribution >= 0.6 is 23.4 Å². The van der Waals surface area contributed by atoms with Crippen molar-refractivity contribution < 1.29 is 4.79 Å². The van der Waals surface area contributed by atoms with Crippen LogP contribution in [0.3, 0.4) is 0 Å². The lowest BCUT2D eigenvalue weighted by atomic mass is 10.2. The molecule has 0 fully saturated rings. The first-order chi connectivity index (χ1) is 7.04. The molecule has 0 aliphatic carbocycles. The molecular weight excluding hydrogens is 232 g/mol. The fourth-order valence-corrected chi connectivity index (χ4v) is 1.65. The van der Waals surface area contributed by atoms with E-state index in [0.29, 0.717) is 22.2 Å². The van der Waals surface area contributed by atoms with E-state index in [1.807, 2.05) is 13.2 Å². The Morgan fingerprint density at radius 3 is 2.87 bits per heavy atom.